The van der Waals surface area contributed by atoms with Gasteiger partial charge in [0.1, 0.15) is 23.2 Å². The number of phenolic OH excluding ortho intramolecular Hbond substituents is 1. The van der Waals surface area contributed by atoms with Gasteiger partial charge in [0, 0.05) is 100 Å². The average molecular weight is 845 g/mol. The number of para-hydroxylation sites is 1. The number of carbonyl (C=O) groups excluding carboxylic acids is 3. The van der Waals surface area contributed by atoms with E-state index in [-0.39, 0.29) is 60.9 Å². The van der Waals surface area contributed by atoms with Crippen molar-refractivity contribution in [1.29, 1.82) is 0 Å². The summed E-state index contributed by atoms with van der Waals surface area (Å²) >= 11 is 0. The van der Waals surface area contributed by atoms with Crippen LogP contribution in [0.5, 0.6) is 5.75 Å². The molecular weight excluding hydrogens is 792 g/mol. The third-order valence-corrected chi connectivity index (χ3v) is 13.0. The number of ether oxygens (including phenoxy) is 1. The summed E-state index contributed by atoms with van der Waals surface area (Å²) in [6.07, 6.45) is 6.84. The first-order chi connectivity index (χ1) is 29.9. The normalized spacial score (nSPS) is 21.4. The van der Waals surface area contributed by atoms with Crippen LogP contribution >= 0.6 is 0 Å². The zero-order valence-corrected chi connectivity index (χ0v) is 35.2. The summed E-state index contributed by atoms with van der Waals surface area (Å²) in [6, 6.07) is 18.1. The van der Waals surface area contributed by atoms with Crippen LogP contribution in [0.15, 0.2) is 73.1 Å². The first-order valence-electron chi connectivity index (χ1n) is 21.7. The van der Waals surface area contributed by atoms with Gasteiger partial charge >= 0.3 is 6.03 Å². The predicted octanol–water partition coefficient (Wildman–Crippen LogP) is 6.04. The van der Waals surface area contributed by atoms with Crippen LogP contribution in [0, 0.1) is 0 Å². The molecule has 0 bridgehead atoms. The van der Waals surface area contributed by atoms with Crippen molar-refractivity contribution in [3.05, 3.63) is 89.7 Å². The lowest BCUT2D eigenvalue weighted by molar-refractivity contribution is -0.120. The first kappa shape index (κ1) is 41.2. The van der Waals surface area contributed by atoms with Crippen LogP contribution in [0.25, 0.3) is 22.3 Å². The van der Waals surface area contributed by atoms with Crippen molar-refractivity contribution in [2.45, 2.75) is 76.3 Å². The first-order valence-corrected chi connectivity index (χ1v) is 21.7. The molecule has 2 atom stereocenters. The van der Waals surface area contributed by atoms with E-state index < -0.39 is 11.7 Å². The smallest absolute Gasteiger partial charge is 0.328 e. The number of anilines is 3. The number of piperidine rings is 2. The molecule has 2 aromatic carbocycles. The zero-order valence-electron chi connectivity index (χ0n) is 35.2. The fourth-order valence-corrected chi connectivity index (χ4v) is 9.55. The highest BCUT2D eigenvalue weighted by atomic mass is 19.1. The number of benzene rings is 2. The topological polar surface area (TPSA) is 175 Å². The van der Waals surface area contributed by atoms with Crippen molar-refractivity contribution in [3.63, 3.8) is 0 Å². The Bertz CT molecular complexity index is 2480. The largest absolute Gasteiger partial charge is 0.507 e. The highest BCUT2D eigenvalue weighted by Gasteiger charge is 2.39. The number of alkyl halides is 1. The number of nitrogens with one attached hydrogen (secondary N) is 1. The molecule has 4 N–H and O–H groups in total. The monoisotopic (exact) mass is 844 g/mol. The number of morpholine rings is 1. The van der Waals surface area contributed by atoms with E-state index in [0.29, 0.717) is 67.5 Å². The lowest BCUT2D eigenvalue weighted by atomic mass is 9.91. The maximum atomic E-state index is 16.4. The summed E-state index contributed by atoms with van der Waals surface area (Å²) in [6.45, 7) is 8.11. The van der Waals surface area contributed by atoms with E-state index in [9.17, 15) is 19.5 Å². The van der Waals surface area contributed by atoms with Crippen LogP contribution in [-0.4, -0.2) is 117 Å². The number of hydrogen-bond acceptors (Lipinski definition) is 11. The molecule has 4 aliphatic heterocycles. The molecule has 5 aromatic rings. The minimum Gasteiger partial charge on any atom is -0.507 e. The molecule has 7 heterocycles. The number of carbonyl (C=O) groups is 3. The Balaban J connectivity index is 0.781. The molecular formula is C46H53FN10O5. The standard InChI is InChI=1S/C46H53FN10O5/c1-3-30-26-57(43-36(30)22-34(24-49-43)56-19-14-41(59)50-45(56)61)33-12-17-53(18-13-33)28-46(47)15-20-54(21-16-46)44(60)32-10-8-31(9-11-32)40-27-55(25-29(2)62-40)38-23-37(51-52-42(38)48)35-6-4-5-7-39(35)58/h4-11,22-24,26,29,33,40,58H,3,12-21,25,27-28H2,1-2H3,(H2,48,52)(H,50,59,61)/t29-,40-/m0/s1. The maximum absolute atomic E-state index is 16.4. The Morgan fingerprint density at radius 2 is 1.76 bits per heavy atom. The number of aromatic nitrogens is 4. The summed E-state index contributed by atoms with van der Waals surface area (Å²) in [5, 5.41) is 22.2. The Hall–Kier alpha value is -6.13. The molecule has 0 saturated carbocycles. The summed E-state index contributed by atoms with van der Waals surface area (Å²) in [4.78, 5) is 50.3. The van der Waals surface area contributed by atoms with Crippen molar-refractivity contribution in [2.75, 3.05) is 67.9 Å². The Morgan fingerprint density at radius 3 is 2.48 bits per heavy atom. The number of nitrogen functional groups attached to an aromatic ring is 1. The predicted molar refractivity (Wildman–Crippen MR) is 234 cm³/mol. The lowest BCUT2D eigenvalue weighted by Gasteiger charge is -2.41. The second kappa shape index (κ2) is 17.0. The van der Waals surface area contributed by atoms with Gasteiger partial charge in [0.05, 0.1) is 29.4 Å². The molecule has 0 aliphatic carbocycles. The Morgan fingerprint density at radius 1 is 1.00 bits per heavy atom. The fourth-order valence-electron chi connectivity index (χ4n) is 9.55. The van der Waals surface area contributed by atoms with Gasteiger partial charge in [-0.2, -0.15) is 0 Å². The number of fused-ring (bicyclic) bond motifs is 1. The fraction of sp³-hybridized carbons (Fsp3) is 0.435. The maximum Gasteiger partial charge on any atom is 0.328 e. The number of urea groups is 1. The van der Waals surface area contributed by atoms with Crippen molar-refractivity contribution in [3.8, 4) is 17.0 Å². The molecule has 4 amide bonds. The number of imide groups is 1. The summed E-state index contributed by atoms with van der Waals surface area (Å²) in [5.74, 6) is 0.0242. The quantitative estimate of drug-likeness (QED) is 0.158. The number of phenols is 1. The van der Waals surface area contributed by atoms with Gasteiger partial charge < -0.3 is 34.8 Å². The lowest BCUT2D eigenvalue weighted by Crippen LogP contribution is -2.51. The molecule has 3 aromatic heterocycles. The SMILES string of the molecule is CCc1cn(C2CCN(CC3(F)CCN(C(=O)c4ccc([C@@H]5CN(c6cc(-c7ccccc7O)nnc6N)C[C@H](C)O5)cc4)CC3)CC2)c2ncc(N3CCC(=O)NC3=O)cc12. The van der Waals surface area contributed by atoms with Gasteiger partial charge in [-0.3, -0.25) is 19.8 Å². The summed E-state index contributed by atoms with van der Waals surface area (Å²) in [5.41, 5.74) is 10.9. The minimum atomic E-state index is -1.37. The van der Waals surface area contributed by atoms with Gasteiger partial charge in [-0.05, 0) is 73.7 Å². The third kappa shape index (κ3) is 8.28. The van der Waals surface area contributed by atoms with Crippen LogP contribution in [-0.2, 0) is 16.0 Å². The van der Waals surface area contributed by atoms with E-state index in [1.165, 1.54) is 0 Å². The Labute approximate surface area is 359 Å². The van der Waals surface area contributed by atoms with Gasteiger partial charge in [-0.15, -0.1) is 10.2 Å². The molecule has 4 fully saturated rings. The molecule has 0 unspecified atom stereocenters. The van der Waals surface area contributed by atoms with Crippen LogP contribution in [0.1, 0.15) is 79.6 Å². The number of hydrogen-bond donors (Lipinski definition) is 3. The van der Waals surface area contributed by atoms with Crippen LogP contribution in [0.3, 0.4) is 0 Å². The average Bonchev–Trinajstić information content (AvgIpc) is 3.65. The van der Waals surface area contributed by atoms with Crippen LogP contribution < -0.4 is 20.9 Å². The van der Waals surface area contributed by atoms with Gasteiger partial charge in [-0.1, -0.05) is 31.2 Å². The van der Waals surface area contributed by atoms with Gasteiger partial charge in [0.25, 0.3) is 5.91 Å². The zero-order chi connectivity index (χ0) is 43.1. The van der Waals surface area contributed by atoms with Gasteiger partial charge in [0.2, 0.25) is 5.91 Å². The number of halogens is 1. The number of amides is 4. The highest BCUT2D eigenvalue weighted by molar-refractivity contribution is 6.06. The molecule has 0 radical (unpaired) electrons. The number of aryl methyl sites for hydroxylation is 1. The number of nitrogens with zero attached hydrogens (tertiary/aromatic N) is 8. The number of nitrogens with two attached hydrogens (primary N) is 1. The molecule has 4 aliphatic rings. The molecule has 62 heavy (non-hydrogen) atoms. The minimum absolute atomic E-state index is 0.105. The van der Waals surface area contributed by atoms with E-state index in [0.717, 1.165) is 54.5 Å². The molecule has 15 nitrogen and oxygen atoms in total. The van der Waals surface area contributed by atoms with E-state index >= 15 is 4.39 Å². The number of likely N-dealkylation sites (tertiary alicyclic amines) is 2. The number of pyridine rings is 1. The molecule has 4 saturated heterocycles. The van der Waals surface area contributed by atoms with Crippen molar-refractivity contribution >= 4 is 46.1 Å². The second-order valence-electron chi connectivity index (χ2n) is 17.2. The second-order valence-corrected chi connectivity index (χ2v) is 17.2. The summed E-state index contributed by atoms with van der Waals surface area (Å²) in [7, 11) is 0. The Kier molecular flexibility index (Phi) is 11.3. The van der Waals surface area contributed by atoms with Crippen molar-refractivity contribution in [2.24, 2.45) is 0 Å². The van der Waals surface area contributed by atoms with Crippen molar-refractivity contribution < 1.29 is 28.6 Å². The molecule has 324 valence electrons. The van der Waals surface area contributed by atoms with Gasteiger partial charge in [-0.25, -0.2) is 14.2 Å². The van der Waals surface area contributed by atoms with Crippen LogP contribution in [0.2, 0.25) is 0 Å². The molecule has 0 spiro atoms. The van der Waals surface area contributed by atoms with Crippen molar-refractivity contribution in [1.82, 2.24) is 34.9 Å². The van der Waals surface area contributed by atoms with E-state index in [1.54, 1.807) is 34.2 Å². The van der Waals surface area contributed by atoms with E-state index in [4.69, 9.17) is 15.5 Å². The van der Waals surface area contributed by atoms with E-state index in [1.807, 2.05) is 49.4 Å². The third-order valence-electron chi connectivity index (χ3n) is 13.0. The van der Waals surface area contributed by atoms with E-state index in [2.05, 4.69) is 43.0 Å². The van der Waals surface area contributed by atoms with Gasteiger partial charge in [0.15, 0.2) is 5.82 Å². The molecule has 9 rings (SSSR count). The molecule has 16 heteroatoms. The number of aromatic hydroxyl groups is 1. The summed E-state index contributed by atoms with van der Waals surface area (Å²) < 4.78 is 25.0. The highest BCUT2D eigenvalue weighted by Crippen LogP contribution is 2.37. The van der Waals surface area contributed by atoms with Crippen LogP contribution in [0.4, 0.5) is 26.4 Å². The number of rotatable bonds is 9.